The van der Waals surface area contributed by atoms with Gasteiger partial charge in [-0.05, 0) is 26.2 Å². The molecule has 0 bridgehead atoms. The predicted octanol–water partition coefficient (Wildman–Crippen LogP) is 1.07. The van der Waals surface area contributed by atoms with Crippen LogP contribution in [0, 0.1) is 5.92 Å². The molecule has 1 spiro atoms. The Balaban J connectivity index is 1.75. The largest absolute Gasteiger partial charge is 0.378 e. The molecular formula is C15H24N2O3. The second-order valence-corrected chi connectivity index (χ2v) is 6.46. The number of carbonyl (C=O) groups excluding carboxylic acids is 2. The summed E-state index contributed by atoms with van der Waals surface area (Å²) in [6, 6.07) is 0. The quantitative estimate of drug-likeness (QED) is 0.823. The highest BCUT2D eigenvalue weighted by atomic mass is 16.5. The van der Waals surface area contributed by atoms with Crippen molar-refractivity contribution in [1.82, 2.24) is 10.2 Å². The third-order valence-corrected chi connectivity index (χ3v) is 5.13. The fourth-order valence-corrected chi connectivity index (χ4v) is 3.81. The minimum absolute atomic E-state index is 0.0264. The lowest BCUT2D eigenvalue weighted by atomic mass is 9.94. The van der Waals surface area contributed by atoms with E-state index >= 15 is 0 Å². The lowest BCUT2D eigenvalue weighted by molar-refractivity contribution is -0.139. The molecule has 0 aromatic rings. The van der Waals surface area contributed by atoms with Crippen LogP contribution >= 0.6 is 0 Å². The second-order valence-electron chi connectivity index (χ2n) is 6.46. The van der Waals surface area contributed by atoms with Gasteiger partial charge in [-0.25, -0.2) is 0 Å². The van der Waals surface area contributed by atoms with Crippen molar-refractivity contribution >= 4 is 11.8 Å². The van der Waals surface area contributed by atoms with Crippen molar-refractivity contribution in [2.75, 3.05) is 19.7 Å². The summed E-state index contributed by atoms with van der Waals surface area (Å²) in [7, 11) is 0. The minimum Gasteiger partial charge on any atom is -0.378 e. The monoisotopic (exact) mass is 280 g/mol. The zero-order valence-electron chi connectivity index (χ0n) is 12.2. The van der Waals surface area contributed by atoms with Crippen molar-refractivity contribution in [2.24, 2.45) is 5.92 Å². The highest BCUT2D eigenvalue weighted by Crippen LogP contribution is 2.34. The van der Waals surface area contributed by atoms with Crippen molar-refractivity contribution in [3.8, 4) is 0 Å². The molecule has 3 rings (SSSR count). The third-order valence-electron chi connectivity index (χ3n) is 5.13. The molecule has 5 nitrogen and oxygen atoms in total. The maximum Gasteiger partial charge on any atom is 0.248 e. The molecule has 2 atom stereocenters. The van der Waals surface area contributed by atoms with Crippen molar-refractivity contribution < 1.29 is 14.3 Å². The average Bonchev–Trinajstić information content (AvgIpc) is 3.01. The Morgan fingerprint density at radius 1 is 1.35 bits per heavy atom. The summed E-state index contributed by atoms with van der Waals surface area (Å²) in [6.45, 7) is 4.15. The van der Waals surface area contributed by atoms with Gasteiger partial charge in [0.15, 0.2) is 0 Å². The standard InChI is InChI=1S/C15H24N2O3/c1-11-12(5-9-20-11)10-17-8-4-13(18)16-15(14(17)19)6-2-3-7-15/h11-12H,2-10H2,1H3,(H,16,18). The zero-order valence-corrected chi connectivity index (χ0v) is 12.2. The Morgan fingerprint density at radius 3 is 2.75 bits per heavy atom. The van der Waals surface area contributed by atoms with Crippen LogP contribution in [0.4, 0.5) is 0 Å². The van der Waals surface area contributed by atoms with E-state index in [0.717, 1.165) is 45.3 Å². The van der Waals surface area contributed by atoms with E-state index in [-0.39, 0.29) is 17.9 Å². The van der Waals surface area contributed by atoms with Gasteiger partial charge in [0, 0.05) is 32.0 Å². The van der Waals surface area contributed by atoms with Crippen LogP contribution in [0.5, 0.6) is 0 Å². The van der Waals surface area contributed by atoms with Gasteiger partial charge < -0.3 is 15.0 Å². The molecule has 20 heavy (non-hydrogen) atoms. The van der Waals surface area contributed by atoms with Gasteiger partial charge in [-0.2, -0.15) is 0 Å². The van der Waals surface area contributed by atoms with E-state index in [1.54, 1.807) is 0 Å². The lowest BCUT2D eigenvalue weighted by Crippen LogP contribution is -2.56. The summed E-state index contributed by atoms with van der Waals surface area (Å²) >= 11 is 0. The van der Waals surface area contributed by atoms with Gasteiger partial charge in [-0.1, -0.05) is 12.8 Å². The summed E-state index contributed by atoms with van der Waals surface area (Å²) < 4.78 is 5.59. The van der Waals surface area contributed by atoms with E-state index < -0.39 is 5.54 Å². The summed E-state index contributed by atoms with van der Waals surface area (Å²) in [5.41, 5.74) is -0.601. The van der Waals surface area contributed by atoms with Crippen molar-refractivity contribution in [3.63, 3.8) is 0 Å². The fraction of sp³-hybridized carbons (Fsp3) is 0.867. The van der Waals surface area contributed by atoms with Crippen molar-refractivity contribution in [3.05, 3.63) is 0 Å². The second kappa shape index (κ2) is 5.35. The molecule has 2 amide bonds. The first-order valence-corrected chi connectivity index (χ1v) is 7.83. The number of nitrogens with one attached hydrogen (secondary N) is 1. The summed E-state index contributed by atoms with van der Waals surface area (Å²) in [4.78, 5) is 26.7. The summed E-state index contributed by atoms with van der Waals surface area (Å²) in [6.07, 6.45) is 5.31. The molecular weight excluding hydrogens is 256 g/mol. The molecule has 1 saturated carbocycles. The highest BCUT2D eigenvalue weighted by Gasteiger charge is 2.47. The maximum atomic E-state index is 12.9. The molecule has 2 heterocycles. The summed E-state index contributed by atoms with van der Waals surface area (Å²) in [5.74, 6) is 0.573. The van der Waals surface area contributed by atoms with Crippen LogP contribution < -0.4 is 5.32 Å². The number of rotatable bonds is 2. The van der Waals surface area contributed by atoms with Gasteiger partial charge in [0.25, 0.3) is 0 Å². The molecule has 2 aliphatic heterocycles. The van der Waals surface area contributed by atoms with Crippen molar-refractivity contribution in [2.45, 2.75) is 57.1 Å². The minimum atomic E-state index is -0.601. The predicted molar refractivity (Wildman–Crippen MR) is 74.1 cm³/mol. The first kappa shape index (κ1) is 13.9. The van der Waals surface area contributed by atoms with E-state index in [2.05, 4.69) is 12.2 Å². The Morgan fingerprint density at radius 2 is 2.10 bits per heavy atom. The SMILES string of the molecule is CC1OCCC1CN1CCC(=O)NC2(CCCC2)C1=O. The molecule has 2 saturated heterocycles. The normalized spacial score (nSPS) is 33.5. The van der Waals surface area contributed by atoms with E-state index in [9.17, 15) is 9.59 Å². The van der Waals surface area contributed by atoms with Crippen LogP contribution in [-0.2, 0) is 14.3 Å². The Hall–Kier alpha value is -1.10. The van der Waals surface area contributed by atoms with E-state index in [4.69, 9.17) is 4.74 Å². The Kier molecular flexibility index (Phi) is 3.71. The number of amides is 2. The highest BCUT2D eigenvalue weighted by molar-refractivity contribution is 5.93. The maximum absolute atomic E-state index is 12.9. The van der Waals surface area contributed by atoms with Gasteiger partial charge >= 0.3 is 0 Å². The van der Waals surface area contributed by atoms with Gasteiger partial charge in [0.2, 0.25) is 11.8 Å². The molecule has 112 valence electrons. The van der Waals surface area contributed by atoms with Crippen LogP contribution in [0.25, 0.3) is 0 Å². The van der Waals surface area contributed by atoms with Gasteiger partial charge in [0.05, 0.1) is 6.10 Å². The molecule has 5 heteroatoms. The molecule has 0 radical (unpaired) electrons. The number of carbonyl (C=O) groups is 2. The Labute approximate surface area is 120 Å². The molecule has 1 N–H and O–H groups in total. The molecule has 3 aliphatic rings. The third kappa shape index (κ3) is 2.43. The van der Waals surface area contributed by atoms with Gasteiger partial charge in [0.1, 0.15) is 5.54 Å². The number of nitrogens with zero attached hydrogens (tertiary/aromatic N) is 1. The van der Waals surface area contributed by atoms with Crippen LogP contribution in [0.15, 0.2) is 0 Å². The van der Waals surface area contributed by atoms with E-state index in [0.29, 0.717) is 18.9 Å². The number of hydrogen-bond donors (Lipinski definition) is 1. The molecule has 0 aromatic heterocycles. The van der Waals surface area contributed by atoms with E-state index in [1.165, 1.54) is 0 Å². The molecule has 1 aliphatic carbocycles. The number of hydrogen-bond acceptors (Lipinski definition) is 3. The topological polar surface area (TPSA) is 58.6 Å². The Bertz CT molecular complexity index is 404. The van der Waals surface area contributed by atoms with Crippen LogP contribution in [0.3, 0.4) is 0 Å². The van der Waals surface area contributed by atoms with Crippen LogP contribution in [0.2, 0.25) is 0 Å². The lowest BCUT2D eigenvalue weighted by Gasteiger charge is -2.33. The molecule has 2 unspecified atom stereocenters. The smallest absolute Gasteiger partial charge is 0.248 e. The average molecular weight is 280 g/mol. The fourth-order valence-electron chi connectivity index (χ4n) is 3.81. The van der Waals surface area contributed by atoms with Crippen LogP contribution in [-0.4, -0.2) is 48.1 Å². The van der Waals surface area contributed by atoms with Gasteiger partial charge in [-0.3, -0.25) is 9.59 Å². The summed E-state index contributed by atoms with van der Waals surface area (Å²) in [5, 5.41) is 3.01. The molecule has 3 fully saturated rings. The van der Waals surface area contributed by atoms with Crippen LogP contribution in [0.1, 0.15) is 45.4 Å². The van der Waals surface area contributed by atoms with Gasteiger partial charge in [-0.15, -0.1) is 0 Å². The first-order chi connectivity index (χ1) is 9.61. The first-order valence-electron chi connectivity index (χ1n) is 7.83. The molecule has 0 aromatic carbocycles. The zero-order chi connectivity index (χ0) is 14.2. The van der Waals surface area contributed by atoms with Crippen molar-refractivity contribution in [1.29, 1.82) is 0 Å². The van der Waals surface area contributed by atoms with E-state index in [1.807, 2.05) is 4.90 Å². The number of ether oxygens (including phenoxy) is 1.